The summed E-state index contributed by atoms with van der Waals surface area (Å²) in [6, 6.07) is 60.5. The van der Waals surface area contributed by atoms with Crippen LogP contribution < -0.4 is 4.90 Å². The van der Waals surface area contributed by atoms with Crippen LogP contribution in [0.2, 0.25) is 0 Å². The molecule has 1 heteroatoms. The highest BCUT2D eigenvalue weighted by atomic mass is 15.1. The van der Waals surface area contributed by atoms with Gasteiger partial charge in [-0.3, -0.25) is 0 Å². The molecule has 0 radical (unpaired) electrons. The Bertz CT molecular complexity index is 1900. The minimum absolute atomic E-state index is 0.210. The van der Waals surface area contributed by atoms with E-state index in [-0.39, 0.29) is 5.92 Å². The Labute approximate surface area is 285 Å². The molecule has 0 amide bonds. The summed E-state index contributed by atoms with van der Waals surface area (Å²) >= 11 is 0. The van der Waals surface area contributed by atoms with Crippen molar-refractivity contribution in [2.24, 2.45) is 17.8 Å². The lowest BCUT2D eigenvalue weighted by atomic mass is 9.48. The molecule has 0 spiro atoms. The molecular formula is C47H43N. The maximum atomic E-state index is 2.60. The van der Waals surface area contributed by atoms with Crippen LogP contribution in [0.1, 0.15) is 66.7 Å². The molecular weight excluding hydrogens is 579 g/mol. The van der Waals surface area contributed by atoms with Gasteiger partial charge in [0.25, 0.3) is 0 Å². The van der Waals surface area contributed by atoms with E-state index in [0.29, 0.717) is 5.41 Å². The Balaban J connectivity index is 1.03. The van der Waals surface area contributed by atoms with Gasteiger partial charge in [0.1, 0.15) is 0 Å². The molecule has 10 rings (SSSR count). The number of benzene rings is 6. The topological polar surface area (TPSA) is 3.24 Å². The highest BCUT2D eigenvalue weighted by Gasteiger charge is 2.51. The Morgan fingerprint density at radius 3 is 1.40 bits per heavy atom. The first-order valence-corrected chi connectivity index (χ1v) is 18.0. The van der Waals surface area contributed by atoms with Crippen LogP contribution in [0.4, 0.5) is 17.1 Å². The van der Waals surface area contributed by atoms with Crippen molar-refractivity contribution in [3.05, 3.63) is 186 Å². The molecule has 1 nitrogen and oxygen atoms in total. The van der Waals surface area contributed by atoms with Gasteiger partial charge in [-0.15, -0.1) is 0 Å². The van der Waals surface area contributed by atoms with Crippen molar-refractivity contribution in [3.63, 3.8) is 0 Å². The van der Waals surface area contributed by atoms with Crippen LogP contribution in [0.5, 0.6) is 0 Å². The first kappa shape index (κ1) is 29.3. The second-order valence-corrected chi connectivity index (χ2v) is 14.8. The van der Waals surface area contributed by atoms with E-state index in [4.69, 9.17) is 0 Å². The van der Waals surface area contributed by atoms with Crippen LogP contribution in [-0.2, 0) is 5.41 Å². The fourth-order valence-corrected chi connectivity index (χ4v) is 10.0. The molecule has 6 aromatic carbocycles. The van der Waals surface area contributed by atoms with Crippen molar-refractivity contribution in [1.82, 2.24) is 0 Å². The molecule has 48 heavy (non-hydrogen) atoms. The fourth-order valence-electron chi connectivity index (χ4n) is 10.0. The molecule has 4 aliphatic carbocycles. The maximum absolute atomic E-state index is 2.60. The van der Waals surface area contributed by atoms with E-state index in [1.165, 1.54) is 66.3 Å². The zero-order valence-electron chi connectivity index (χ0n) is 27.6. The number of hydrogen-bond acceptors (Lipinski definition) is 1. The van der Waals surface area contributed by atoms with Gasteiger partial charge in [-0.1, -0.05) is 127 Å². The lowest BCUT2D eigenvalue weighted by Gasteiger charge is -2.57. The lowest BCUT2D eigenvalue weighted by molar-refractivity contribution is -0.00522. The van der Waals surface area contributed by atoms with Crippen molar-refractivity contribution >= 4 is 17.1 Å². The smallest absolute Gasteiger partial charge is 0.0462 e. The number of nitrogens with zero attached hydrogens (tertiary/aromatic N) is 1. The third-order valence-electron chi connectivity index (χ3n) is 11.7. The Morgan fingerprint density at radius 1 is 0.417 bits per heavy atom. The summed E-state index contributed by atoms with van der Waals surface area (Å²) in [5, 5.41) is 0. The molecule has 1 atom stereocenters. The largest absolute Gasteiger partial charge is 0.311 e. The van der Waals surface area contributed by atoms with E-state index >= 15 is 0 Å². The quantitative estimate of drug-likeness (QED) is 0.153. The Kier molecular flexibility index (Phi) is 7.50. The first-order valence-electron chi connectivity index (χ1n) is 18.0. The van der Waals surface area contributed by atoms with Gasteiger partial charge in [0.15, 0.2) is 0 Å². The zero-order valence-corrected chi connectivity index (χ0v) is 27.6. The van der Waals surface area contributed by atoms with Crippen LogP contribution in [-0.4, -0.2) is 0 Å². The molecule has 4 fully saturated rings. The van der Waals surface area contributed by atoms with Crippen molar-refractivity contribution in [1.29, 1.82) is 0 Å². The third kappa shape index (κ3) is 5.46. The first-order chi connectivity index (χ1) is 23.7. The second kappa shape index (κ2) is 12.3. The van der Waals surface area contributed by atoms with Crippen molar-refractivity contribution < 1.29 is 0 Å². The third-order valence-corrected chi connectivity index (χ3v) is 11.7. The van der Waals surface area contributed by atoms with Crippen molar-refractivity contribution in [2.45, 2.75) is 49.9 Å². The minimum Gasteiger partial charge on any atom is -0.311 e. The molecule has 236 valence electrons. The Morgan fingerprint density at radius 2 is 0.854 bits per heavy atom. The van der Waals surface area contributed by atoms with Gasteiger partial charge < -0.3 is 4.90 Å². The summed E-state index contributed by atoms with van der Waals surface area (Å²) in [4.78, 5) is 2.31. The van der Waals surface area contributed by atoms with Gasteiger partial charge in [-0.25, -0.2) is 0 Å². The van der Waals surface area contributed by atoms with E-state index in [9.17, 15) is 0 Å². The monoisotopic (exact) mass is 621 g/mol. The van der Waals surface area contributed by atoms with Crippen LogP contribution in [0, 0.1) is 17.8 Å². The van der Waals surface area contributed by atoms with Gasteiger partial charge in [0.05, 0.1) is 0 Å². The van der Waals surface area contributed by atoms with E-state index in [0.717, 1.165) is 34.8 Å². The van der Waals surface area contributed by atoms with Gasteiger partial charge in [-0.2, -0.15) is 0 Å². The summed E-state index contributed by atoms with van der Waals surface area (Å²) in [6.07, 6.45) is 8.66. The van der Waals surface area contributed by atoms with Gasteiger partial charge in [0, 0.05) is 23.0 Å². The summed E-state index contributed by atoms with van der Waals surface area (Å²) in [7, 11) is 0. The van der Waals surface area contributed by atoms with Crippen LogP contribution in [0.25, 0.3) is 11.1 Å². The normalized spacial score (nSPS) is 23.1. The summed E-state index contributed by atoms with van der Waals surface area (Å²) in [5.74, 6) is 3.06. The lowest BCUT2D eigenvalue weighted by Crippen LogP contribution is -2.48. The van der Waals surface area contributed by atoms with E-state index < -0.39 is 0 Å². The van der Waals surface area contributed by atoms with Crippen LogP contribution >= 0.6 is 0 Å². The van der Waals surface area contributed by atoms with Crippen molar-refractivity contribution in [2.75, 3.05) is 4.90 Å². The second-order valence-electron chi connectivity index (χ2n) is 14.8. The molecule has 0 saturated heterocycles. The zero-order chi connectivity index (χ0) is 31.9. The summed E-state index contributed by atoms with van der Waals surface area (Å²) in [5.41, 5.74) is 12.1. The number of hydrogen-bond donors (Lipinski definition) is 0. The minimum atomic E-state index is 0.210. The average molecular weight is 622 g/mol. The van der Waals surface area contributed by atoms with Gasteiger partial charge in [-0.05, 0) is 131 Å². The molecule has 6 aromatic rings. The molecule has 1 unspecified atom stereocenters. The molecule has 0 heterocycles. The molecule has 0 aliphatic heterocycles. The van der Waals surface area contributed by atoms with Crippen LogP contribution in [0.3, 0.4) is 0 Å². The van der Waals surface area contributed by atoms with Crippen LogP contribution in [0.15, 0.2) is 164 Å². The molecule has 0 aromatic heterocycles. The number of anilines is 3. The SMILES string of the molecule is c1ccc(C(c2ccc(-c3ccc(N(c4ccccc4)c4ccccc4)cc3)cc2)c2cccc(C34CC5CC(CC(C5)C3)C4)c2)cc1. The molecule has 0 N–H and O–H groups in total. The highest BCUT2D eigenvalue weighted by Crippen LogP contribution is 2.61. The maximum Gasteiger partial charge on any atom is 0.0462 e. The standard InChI is InChI=1S/C47H43N/c1-4-11-39(12-5-1)46(41-13-10-14-42(30-41)47-31-34-27-35(32-47)29-36(28-34)33-47)40-21-19-37(20-22-40)38-23-25-45(26-24-38)48(43-15-6-2-7-16-43)44-17-8-3-9-18-44/h1-26,30,34-36,46H,27-29,31-33H2. The van der Waals surface area contributed by atoms with E-state index in [1.807, 2.05) is 0 Å². The molecule has 4 bridgehead atoms. The average Bonchev–Trinajstić information content (AvgIpc) is 3.14. The molecule has 4 saturated carbocycles. The van der Waals surface area contributed by atoms with E-state index in [2.05, 4.69) is 169 Å². The number of rotatable bonds is 8. The van der Waals surface area contributed by atoms with E-state index in [1.54, 1.807) is 5.56 Å². The highest BCUT2D eigenvalue weighted by molar-refractivity contribution is 5.78. The van der Waals surface area contributed by atoms with Gasteiger partial charge >= 0.3 is 0 Å². The number of para-hydroxylation sites is 2. The fraction of sp³-hybridized carbons (Fsp3) is 0.234. The Hall–Kier alpha value is -4.88. The van der Waals surface area contributed by atoms with Gasteiger partial charge in [0.2, 0.25) is 0 Å². The molecule has 4 aliphatic rings. The predicted molar refractivity (Wildman–Crippen MR) is 200 cm³/mol. The summed E-state index contributed by atoms with van der Waals surface area (Å²) < 4.78 is 0. The summed E-state index contributed by atoms with van der Waals surface area (Å²) in [6.45, 7) is 0. The predicted octanol–water partition coefficient (Wildman–Crippen LogP) is 12.5. The van der Waals surface area contributed by atoms with Crippen molar-refractivity contribution in [3.8, 4) is 11.1 Å².